The molecule has 0 bridgehead atoms. The van der Waals surface area contributed by atoms with Crippen molar-refractivity contribution in [3.63, 3.8) is 0 Å². The Bertz CT molecular complexity index is 836. The summed E-state index contributed by atoms with van der Waals surface area (Å²) >= 11 is 6.13. The standard InChI is InChI=1S/C19H19ClN2O5/c1-26-14-6-4-12(5-7-14)16(19(24)25)22-17(23)13-8-15(20)18(21-9-13)27-10-11-2-3-11/h4-9,11,16H,2-3,10H2,1H3,(H,22,23)(H,24,25). The van der Waals surface area contributed by atoms with Crippen LogP contribution in [-0.4, -0.2) is 35.7 Å². The molecule has 8 heteroatoms. The van der Waals surface area contributed by atoms with Crippen molar-refractivity contribution >= 4 is 23.5 Å². The number of aromatic nitrogens is 1. The number of nitrogens with one attached hydrogen (secondary N) is 1. The van der Waals surface area contributed by atoms with Crippen LogP contribution in [0, 0.1) is 5.92 Å². The van der Waals surface area contributed by atoms with Gasteiger partial charge in [0.25, 0.3) is 5.91 Å². The van der Waals surface area contributed by atoms with E-state index in [0.717, 1.165) is 12.8 Å². The van der Waals surface area contributed by atoms with Crippen molar-refractivity contribution in [3.8, 4) is 11.6 Å². The molecule has 142 valence electrons. The third-order valence-corrected chi connectivity index (χ3v) is 4.46. The number of benzene rings is 1. The Morgan fingerprint density at radius 3 is 2.59 bits per heavy atom. The number of carboxylic acid groups (broad SMARTS) is 1. The molecule has 1 aliphatic rings. The van der Waals surface area contributed by atoms with Gasteiger partial charge in [0.05, 0.1) is 19.3 Å². The quantitative estimate of drug-likeness (QED) is 0.718. The lowest BCUT2D eigenvalue weighted by molar-refractivity contribution is -0.139. The average molecular weight is 391 g/mol. The highest BCUT2D eigenvalue weighted by Gasteiger charge is 2.25. The number of methoxy groups -OCH3 is 1. The van der Waals surface area contributed by atoms with Crippen molar-refractivity contribution in [2.24, 2.45) is 5.92 Å². The largest absolute Gasteiger partial charge is 0.497 e. The van der Waals surface area contributed by atoms with E-state index in [1.165, 1.54) is 19.4 Å². The molecule has 1 aromatic carbocycles. The Labute approximate surface area is 161 Å². The number of pyridine rings is 1. The zero-order valence-corrected chi connectivity index (χ0v) is 15.4. The molecule has 7 nitrogen and oxygen atoms in total. The van der Waals surface area contributed by atoms with E-state index in [4.69, 9.17) is 21.1 Å². The fourth-order valence-electron chi connectivity index (χ4n) is 2.44. The molecular weight excluding hydrogens is 372 g/mol. The normalized spacial score (nSPS) is 14.3. The Morgan fingerprint density at radius 1 is 1.33 bits per heavy atom. The van der Waals surface area contributed by atoms with Crippen molar-refractivity contribution < 1.29 is 24.2 Å². The molecule has 0 spiro atoms. The van der Waals surface area contributed by atoms with Gasteiger partial charge in [0.1, 0.15) is 10.8 Å². The highest BCUT2D eigenvalue weighted by molar-refractivity contribution is 6.32. The maximum absolute atomic E-state index is 12.5. The molecule has 1 aromatic heterocycles. The molecular formula is C19H19ClN2O5. The van der Waals surface area contributed by atoms with Crippen molar-refractivity contribution in [3.05, 3.63) is 52.7 Å². The molecule has 2 aromatic rings. The maximum atomic E-state index is 12.5. The Hall–Kier alpha value is -2.80. The second-order valence-electron chi connectivity index (χ2n) is 6.28. The van der Waals surface area contributed by atoms with E-state index in [-0.39, 0.29) is 16.5 Å². The number of carbonyl (C=O) groups is 2. The smallest absolute Gasteiger partial charge is 0.330 e. The van der Waals surface area contributed by atoms with Gasteiger partial charge in [0.2, 0.25) is 5.88 Å². The summed E-state index contributed by atoms with van der Waals surface area (Å²) in [5, 5.41) is 12.2. The molecule has 2 N–H and O–H groups in total. The first-order valence-electron chi connectivity index (χ1n) is 8.44. The van der Waals surface area contributed by atoms with Crippen LogP contribution in [-0.2, 0) is 4.79 Å². The summed E-state index contributed by atoms with van der Waals surface area (Å²) < 4.78 is 10.6. The summed E-state index contributed by atoms with van der Waals surface area (Å²) in [6.07, 6.45) is 3.59. The second-order valence-corrected chi connectivity index (χ2v) is 6.69. The van der Waals surface area contributed by atoms with Gasteiger partial charge in [-0.1, -0.05) is 23.7 Å². The van der Waals surface area contributed by atoms with Gasteiger partial charge in [0, 0.05) is 6.20 Å². The van der Waals surface area contributed by atoms with Gasteiger partial charge in [-0.2, -0.15) is 0 Å². The SMILES string of the molecule is COc1ccc(C(NC(=O)c2cnc(OCC3CC3)c(Cl)c2)C(=O)O)cc1. The van der Waals surface area contributed by atoms with Crippen LogP contribution >= 0.6 is 11.6 Å². The number of carboxylic acids is 1. The summed E-state index contributed by atoms with van der Waals surface area (Å²) in [6.45, 7) is 0.552. The molecule has 1 saturated carbocycles. The third-order valence-electron chi connectivity index (χ3n) is 4.19. The van der Waals surface area contributed by atoms with E-state index in [1.807, 2.05) is 0 Å². The summed E-state index contributed by atoms with van der Waals surface area (Å²) in [6, 6.07) is 6.62. The van der Waals surface area contributed by atoms with Crippen LogP contribution in [0.1, 0.15) is 34.8 Å². The first-order chi connectivity index (χ1) is 13.0. The van der Waals surface area contributed by atoms with Crippen molar-refractivity contribution in [1.82, 2.24) is 10.3 Å². The van der Waals surface area contributed by atoms with Crippen LogP contribution < -0.4 is 14.8 Å². The van der Waals surface area contributed by atoms with Crippen LogP contribution in [0.4, 0.5) is 0 Å². The lowest BCUT2D eigenvalue weighted by Gasteiger charge is -2.15. The number of ether oxygens (including phenoxy) is 2. The number of halogens is 1. The molecule has 3 rings (SSSR count). The van der Waals surface area contributed by atoms with Crippen molar-refractivity contribution in [1.29, 1.82) is 0 Å². The first kappa shape index (κ1) is 19.0. The monoisotopic (exact) mass is 390 g/mol. The number of amides is 1. The zero-order chi connectivity index (χ0) is 19.4. The summed E-state index contributed by atoms with van der Waals surface area (Å²) in [5.41, 5.74) is 0.568. The lowest BCUT2D eigenvalue weighted by Crippen LogP contribution is -2.33. The van der Waals surface area contributed by atoms with Crippen LogP contribution in [0.15, 0.2) is 36.5 Å². The second kappa shape index (κ2) is 8.26. The van der Waals surface area contributed by atoms with Crippen LogP contribution in [0.3, 0.4) is 0 Å². The number of hydrogen-bond donors (Lipinski definition) is 2. The van der Waals surface area contributed by atoms with Gasteiger partial charge < -0.3 is 19.9 Å². The molecule has 1 unspecified atom stereocenters. The summed E-state index contributed by atoms with van der Waals surface area (Å²) in [4.78, 5) is 28.1. The molecule has 0 radical (unpaired) electrons. The van der Waals surface area contributed by atoms with E-state index < -0.39 is 17.9 Å². The molecule has 1 amide bonds. The van der Waals surface area contributed by atoms with Gasteiger partial charge in [-0.3, -0.25) is 4.79 Å². The molecule has 1 aliphatic carbocycles. The third kappa shape index (κ3) is 4.89. The fourth-order valence-corrected chi connectivity index (χ4v) is 2.66. The molecule has 0 aliphatic heterocycles. The number of hydrogen-bond acceptors (Lipinski definition) is 5. The van der Waals surface area contributed by atoms with E-state index in [9.17, 15) is 14.7 Å². The average Bonchev–Trinajstić information content (AvgIpc) is 3.49. The zero-order valence-electron chi connectivity index (χ0n) is 14.6. The molecule has 1 heterocycles. The van der Waals surface area contributed by atoms with Gasteiger partial charge in [-0.25, -0.2) is 9.78 Å². The summed E-state index contributed by atoms with van der Waals surface area (Å²) in [7, 11) is 1.51. The highest BCUT2D eigenvalue weighted by atomic mass is 35.5. The molecule has 1 fully saturated rings. The topological polar surface area (TPSA) is 97.8 Å². The van der Waals surface area contributed by atoms with Gasteiger partial charge in [-0.15, -0.1) is 0 Å². The fraction of sp³-hybridized carbons (Fsp3) is 0.316. The minimum atomic E-state index is -1.21. The predicted octanol–water partition coefficient (Wildman–Crippen LogP) is 3.09. The van der Waals surface area contributed by atoms with Crippen LogP contribution in [0.5, 0.6) is 11.6 Å². The lowest BCUT2D eigenvalue weighted by atomic mass is 10.1. The van der Waals surface area contributed by atoms with Gasteiger partial charge in [0.15, 0.2) is 6.04 Å². The molecule has 0 saturated heterocycles. The Balaban J connectivity index is 1.70. The predicted molar refractivity (Wildman–Crippen MR) is 98.3 cm³/mol. The first-order valence-corrected chi connectivity index (χ1v) is 8.81. The van der Waals surface area contributed by atoms with Crippen molar-refractivity contribution in [2.75, 3.05) is 13.7 Å². The van der Waals surface area contributed by atoms with Gasteiger partial charge >= 0.3 is 5.97 Å². The maximum Gasteiger partial charge on any atom is 0.330 e. The number of rotatable bonds is 8. The number of nitrogens with zero attached hydrogens (tertiary/aromatic N) is 1. The number of carbonyl (C=O) groups excluding carboxylic acids is 1. The van der Waals surface area contributed by atoms with Crippen LogP contribution in [0.2, 0.25) is 5.02 Å². The van der Waals surface area contributed by atoms with Gasteiger partial charge in [-0.05, 0) is 42.5 Å². The minimum absolute atomic E-state index is 0.151. The van der Waals surface area contributed by atoms with E-state index in [0.29, 0.717) is 23.8 Å². The van der Waals surface area contributed by atoms with E-state index in [1.54, 1.807) is 24.3 Å². The summed E-state index contributed by atoms with van der Waals surface area (Å²) in [5.74, 6) is -0.373. The van der Waals surface area contributed by atoms with Crippen molar-refractivity contribution in [2.45, 2.75) is 18.9 Å². The van der Waals surface area contributed by atoms with Crippen LogP contribution in [0.25, 0.3) is 0 Å². The minimum Gasteiger partial charge on any atom is -0.497 e. The number of aliphatic carboxylic acids is 1. The van der Waals surface area contributed by atoms with E-state index >= 15 is 0 Å². The van der Waals surface area contributed by atoms with E-state index in [2.05, 4.69) is 10.3 Å². The Kier molecular flexibility index (Phi) is 5.81. The molecule has 27 heavy (non-hydrogen) atoms. The Morgan fingerprint density at radius 2 is 2.04 bits per heavy atom. The highest BCUT2D eigenvalue weighted by Crippen LogP contribution is 2.31. The molecule has 1 atom stereocenters.